The molecule has 0 aliphatic carbocycles. The lowest BCUT2D eigenvalue weighted by Crippen LogP contribution is -2.16. The lowest BCUT2D eigenvalue weighted by molar-refractivity contribution is -0.384. The van der Waals surface area contributed by atoms with Gasteiger partial charge in [-0.1, -0.05) is 18.2 Å². The number of nitro groups is 1. The highest BCUT2D eigenvalue weighted by Gasteiger charge is 2.27. The van der Waals surface area contributed by atoms with Crippen molar-refractivity contribution in [3.63, 3.8) is 0 Å². The topological polar surface area (TPSA) is 94.8 Å². The van der Waals surface area contributed by atoms with Gasteiger partial charge < -0.3 is 0 Å². The van der Waals surface area contributed by atoms with Gasteiger partial charge in [0.15, 0.2) is 0 Å². The Hall–Kier alpha value is -2.65. The molecule has 0 fully saturated rings. The zero-order chi connectivity index (χ0) is 18.5. The van der Waals surface area contributed by atoms with Crippen LogP contribution in [-0.4, -0.2) is 14.3 Å². The molecule has 0 radical (unpaired) electrons. The summed E-state index contributed by atoms with van der Waals surface area (Å²) in [4.78, 5) is 22.8. The number of non-ortho nitro benzene ring substituents is 1. The van der Waals surface area contributed by atoms with Gasteiger partial charge >= 0.3 is 0 Å². The van der Waals surface area contributed by atoms with Crippen LogP contribution in [0.3, 0.4) is 0 Å². The second kappa shape index (κ2) is 6.01. The predicted molar refractivity (Wildman–Crippen MR) is 97.5 cm³/mol. The van der Waals surface area contributed by atoms with Crippen LogP contribution in [0.25, 0.3) is 11.4 Å². The first-order chi connectivity index (χ1) is 11.7. The Balaban J connectivity index is 2.02. The molecule has 0 unspecified atom stereocenters. The number of benzene rings is 1. The van der Waals surface area contributed by atoms with Crippen molar-refractivity contribution in [2.24, 2.45) is 10.2 Å². The lowest BCUT2D eigenvalue weighted by Gasteiger charge is -2.04. The van der Waals surface area contributed by atoms with E-state index in [0.717, 1.165) is 0 Å². The quantitative estimate of drug-likeness (QED) is 0.374. The monoisotopic (exact) mass is 377 g/mol. The molecule has 128 valence electrons. The molecule has 0 saturated heterocycles. The zero-order valence-corrected chi connectivity index (χ0v) is 14.9. The van der Waals surface area contributed by atoms with E-state index in [-0.39, 0.29) is 22.0 Å². The molecular formula is C15H12ClN5O3S. The minimum absolute atomic E-state index is 0.102. The zero-order valence-electron chi connectivity index (χ0n) is 13.2. The Morgan fingerprint density at radius 3 is 2.52 bits per heavy atom. The standard InChI is InChI=1S/C15H12ClN5O3S/c1-7-13(8(2)20-15(22)14(25)9(3)19(7)20)18-17-12-5-4-10(21(23)24)6-11(12)16/h4-6,25H,1H2,2-3H3. The number of thiol groups is 1. The van der Waals surface area contributed by atoms with E-state index in [1.165, 1.54) is 22.9 Å². The molecule has 0 saturated carbocycles. The molecular weight excluding hydrogens is 366 g/mol. The molecule has 0 N–H and O–H groups in total. The van der Waals surface area contributed by atoms with E-state index >= 15 is 0 Å². The summed E-state index contributed by atoms with van der Waals surface area (Å²) in [5.74, 6) is 0. The van der Waals surface area contributed by atoms with Crippen LogP contribution in [0.5, 0.6) is 0 Å². The van der Waals surface area contributed by atoms with Gasteiger partial charge in [0.2, 0.25) is 0 Å². The smallest absolute Gasteiger partial charge is 0.266 e. The molecule has 2 aromatic rings. The van der Waals surface area contributed by atoms with Crippen LogP contribution in [0.4, 0.5) is 11.4 Å². The number of rotatable bonds is 3. The van der Waals surface area contributed by atoms with Crippen molar-refractivity contribution in [2.45, 2.75) is 18.7 Å². The highest BCUT2D eigenvalue weighted by molar-refractivity contribution is 7.80. The van der Waals surface area contributed by atoms with E-state index in [4.69, 9.17) is 11.6 Å². The molecule has 0 bridgehead atoms. The van der Waals surface area contributed by atoms with E-state index in [9.17, 15) is 14.9 Å². The third-order valence-corrected chi connectivity index (χ3v) is 4.66. The van der Waals surface area contributed by atoms with Crippen LogP contribution in [0.1, 0.15) is 12.6 Å². The summed E-state index contributed by atoms with van der Waals surface area (Å²) in [5, 5.41) is 19.0. The Morgan fingerprint density at radius 2 is 1.96 bits per heavy atom. The van der Waals surface area contributed by atoms with Gasteiger partial charge in [-0.15, -0.1) is 22.9 Å². The van der Waals surface area contributed by atoms with Crippen LogP contribution in [0.15, 0.2) is 50.4 Å². The fraction of sp³-hybridized carbons (Fsp3) is 0.133. The van der Waals surface area contributed by atoms with Gasteiger partial charge in [0.05, 0.1) is 31.9 Å². The Labute approximate surface area is 152 Å². The number of hydrogen-bond donors (Lipinski definition) is 1. The summed E-state index contributed by atoms with van der Waals surface area (Å²) in [7, 11) is 0. The van der Waals surface area contributed by atoms with Crippen LogP contribution in [0, 0.1) is 17.0 Å². The fourth-order valence-corrected chi connectivity index (χ4v) is 2.96. The van der Waals surface area contributed by atoms with Crippen LogP contribution in [0.2, 0.25) is 5.02 Å². The van der Waals surface area contributed by atoms with Crippen molar-refractivity contribution in [1.29, 1.82) is 0 Å². The van der Waals surface area contributed by atoms with Crippen LogP contribution >= 0.6 is 24.2 Å². The number of nitrogens with zero attached hydrogens (tertiary/aromatic N) is 5. The molecule has 3 rings (SSSR count). The number of halogens is 1. The van der Waals surface area contributed by atoms with Gasteiger partial charge in [-0.05, 0) is 19.9 Å². The van der Waals surface area contributed by atoms with E-state index < -0.39 is 4.92 Å². The number of azo groups is 1. The van der Waals surface area contributed by atoms with Crippen molar-refractivity contribution >= 4 is 47.0 Å². The number of hydrogen-bond acceptors (Lipinski definition) is 6. The lowest BCUT2D eigenvalue weighted by atomic mass is 10.3. The van der Waals surface area contributed by atoms with E-state index in [0.29, 0.717) is 27.7 Å². The van der Waals surface area contributed by atoms with Crippen LogP contribution in [-0.2, 0) is 0 Å². The molecule has 8 nitrogen and oxygen atoms in total. The second-order valence-corrected chi connectivity index (χ2v) is 6.19. The van der Waals surface area contributed by atoms with Gasteiger partial charge in [0, 0.05) is 12.1 Å². The third kappa shape index (κ3) is 2.61. The van der Waals surface area contributed by atoms with Gasteiger partial charge in [0.25, 0.3) is 11.2 Å². The third-order valence-electron chi connectivity index (χ3n) is 3.84. The predicted octanol–water partition coefficient (Wildman–Crippen LogP) is 4.27. The molecule has 2 heterocycles. The highest BCUT2D eigenvalue weighted by Crippen LogP contribution is 2.34. The fourth-order valence-electron chi connectivity index (χ4n) is 2.56. The summed E-state index contributed by atoms with van der Waals surface area (Å²) in [6.45, 7) is 7.42. The maximum absolute atomic E-state index is 12.2. The van der Waals surface area contributed by atoms with E-state index in [1.54, 1.807) is 18.5 Å². The average Bonchev–Trinajstić information content (AvgIpc) is 2.94. The second-order valence-electron chi connectivity index (χ2n) is 5.34. The van der Waals surface area contributed by atoms with Gasteiger partial charge in [-0.25, -0.2) is 9.36 Å². The van der Waals surface area contributed by atoms with Crippen molar-refractivity contribution in [3.8, 4) is 0 Å². The van der Waals surface area contributed by atoms with Crippen molar-refractivity contribution in [1.82, 2.24) is 9.36 Å². The molecule has 1 aromatic carbocycles. The number of fused-ring (bicyclic) bond motifs is 1. The van der Waals surface area contributed by atoms with E-state index in [1.807, 2.05) is 0 Å². The number of aromatic nitrogens is 2. The Morgan fingerprint density at radius 1 is 1.28 bits per heavy atom. The van der Waals surface area contributed by atoms with E-state index in [2.05, 4.69) is 29.4 Å². The summed E-state index contributed by atoms with van der Waals surface area (Å²) in [6, 6.07) is 3.89. The van der Waals surface area contributed by atoms with Crippen molar-refractivity contribution in [2.75, 3.05) is 0 Å². The Kier molecular flexibility index (Phi) is 4.13. The van der Waals surface area contributed by atoms with Gasteiger partial charge in [-0.3, -0.25) is 14.9 Å². The molecule has 1 aromatic heterocycles. The summed E-state index contributed by atoms with van der Waals surface area (Å²) in [6.07, 6.45) is 0. The minimum atomic E-state index is -0.546. The summed E-state index contributed by atoms with van der Waals surface area (Å²) < 4.78 is 3.04. The summed E-state index contributed by atoms with van der Waals surface area (Å²) >= 11 is 10.2. The molecule has 10 heteroatoms. The maximum Gasteiger partial charge on any atom is 0.285 e. The highest BCUT2D eigenvalue weighted by atomic mass is 35.5. The SMILES string of the molecule is C=C1C(N=Nc2ccc([N+](=O)[O-])cc2Cl)=C(C)n2c(=O)c(S)c(C)n21. The Bertz CT molecular complexity index is 1060. The minimum Gasteiger partial charge on any atom is -0.266 e. The first-order valence-electron chi connectivity index (χ1n) is 7.04. The molecule has 0 atom stereocenters. The van der Waals surface area contributed by atoms with Crippen molar-refractivity contribution in [3.05, 3.63) is 61.7 Å². The first kappa shape index (κ1) is 17.2. The molecule has 1 aliphatic rings. The molecule has 0 spiro atoms. The number of allylic oxidation sites excluding steroid dienone is 2. The normalized spacial score (nSPS) is 13.8. The first-order valence-corrected chi connectivity index (χ1v) is 7.86. The van der Waals surface area contributed by atoms with Crippen molar-refractivity contribution < 1.29 is 4.92 Å². The molecule has 0 amide bonds. The molecule has 25 heavy (non-hydrogen) atoms. The van der Waals surface area contributed by atoms with Gasteiger partial charge in [0.1, 0.15) is 11.4 Å². The number of nitro benzene ring substituents is 1. The maximum atomic E-state index is 12.2. The average molecular weight is 378 g/mol. The van der Waals surface area contributed by atoms with Gasteiger partial charge in [-0.2, -0.15) is 0 Å². The summed E-state index contributed by atoms with van der Waals surface area (Å²) in [5.41, 5.74) is 1.98. The largest absolute Gasteiger partial charge is 0.285 e. The van der Waals surface area contributed by atoms with Crippen LogP contribution < -0.4 is 5.56 Å². The molecule has 1 aliphatic heterocycles.